The lowest BCUT2D eigenvalue weighted by molar-refractivity contribution is 0.0992. The maximum absolute atomic E-state index is 13.7. The minimum absolute atomic E-state index is 0.0590. The lowest BCUT2D eigenvalue weighted by Crippen LogP contribution is -2.28. The number of nitriles is 1. The fraction of sp³-hybridized carbons (Fsp3) is 0.0667. The van der Waals surface area contributed by atoms with E-state index in [1.165, 1.54) is 25.2 Å². The van der Waals surface area contributed by atoms with Gasteiger partial charge in [0.25, 0.3) is 5.91 Å². The van der Waals surface area contributed by atoms with E-state index >= 15 is 0 Å². The molecule has 2 N–H and O–H groups in total. The number of nitrogens with two attached hydrogens (primary N) is 1. The average molecular weight is 287 g/mol. The molecule has 6 heteroatoms. The Morgan fingerprint density at radius 1 is 1.24 bits per heavy atom. The fourth-order valence-electron chi connectivity index (χ4n) is 1.88. The zero-order valence-corrected chi connectivity index (χ0v) is 11.1. The van der Waals surface area contributed by atoms with Crippen molar-refractivity contribution in [1.29, 1.82) is 5.26 Å². The maximum atomic E-state index is 13.7. The number of nitrogens with zero attached hydrogens (tertiary/aromatic N) is 2. The zero-order valence-electron chi connectivity index (χ0n) is 11.1. The van der Waals surface area contributed by atoms with Gasteiger partial charge < -0.3 is 10.6 Å². The van der Waals surface area contributed by atoms with Crippen molar-refractivity contribution >= 4 is 17.3 Å². The van der Waals surface area contributed by atoms with Crippen molar-refractivity contribution in [3.8, 4) is 6.07 Å². The molecule has 0 aromatic heterocycles. The molecule has 2 aromatic carbocycles. The smallest absolute Gasteiger partial charge is 0.259 e. The van der Waals surface area contributed by atoms with Crippen LogP contribution in [-0.4, -0.2) is 13.0 Å². The monoisotopic (exact) mass is 287 g/mol. The van der Waals surface area contributed by atoms with Gasteiger partial charge in [-0.15, -0.1) is 0 Å². The summed E-state index contributed by atoms with van der Waals surface area (Å²) in [6.45, 7) is 0. The van der Waals surface area contributed by atoms with Gasteiger partial charge in [-0.2, -0.15) is 5.26 Å². The minimum atomic E-state index is -0.867. The summed E-state index contributed by atoms with van der Waals surface area (Å²) in [5.74, 6) is -2.21. The Kier molecular flexibility index (Phi) is 3.85. The fourth-order valence-corrected chi connectivity index (χ4v) is 1.88. The van der Waals surface area contributed by atoms with Crippen LogP contribution in [0.4, 0.5) is 20.2 Å². The minimum Gasteiger partial charge on any atom is -0.399 e. The van der Waals surface area contributed by atoms with E-state index in [4.69, 9.17) is 11.0 Å². The van der Waals surface area contributed by atoms with Crippen LogP contribution in [-0.2, 0) is 0 Å². The Hall–Kier alpha value is -2.94. The van der Waals surface area contributed by atoms with Crippen molar-refractivity contribution in [2.45, 2.75) is 0 Å². The first-order valence-corrected chi connectivity index (χ1v) is 5.96. The van der Waals surface area contributed by atoms with Crippen molar-refractivity contribution in [3.05, 3.63) is 59.2 Å². The first-order chi connectivity index (χ1) is 9.93. The van der Waals surface area contributed by atoms with Gasteiger partial charge in [0.2, 0.25) is 0 Å². The molecule has 4 nitrogen and oxygen atoms in total. The molecule has 0 atom stereocenters. The van der Waals surface area contributed by atoms with Crippen LogP contribution >= 0.6 is 0 Å². The number of halogens is 2. The van der Waals surface area contributed by atoms with Crippen LogP contribution in [0.1, 0.15) is 15.9 Å². The number of rotatable bonds is 2. The summed E-state index contributed by atoms with van der Waals surface area (Å²) in [7, 11) is 1.34. The number of carbonyl (C=O) groups is 1. The van der Waals surface area contributed by atoms with Gasteiger partial charge in [0.1, 0.15) is 11.6 Å². The third-order valence-electron chi connectivity index (χ3n) is 2.97. The number of hydrogen-bond donors (Lipinski definition) is 1. The van der Waals surface area contributed by atoms with E-state index < -0.39 is 17.5 Å². The third-order valence-corrected chi connectivity index (χ3v) is 2.97. The second-order valence-electron chi connectivity index (χ2n) is 4.38. The second kappa shape index (κ2) is 5.59. The highest BCUT2D eigenvalue weighted by Gasteiger charge is 2.20. The van der Waals surface area contributed by atoms with Gasteiger partial charge in [-0.1, -0.05) is 0 Å². The van der Waals surface area contributed by atoms with E-state index in [2.05, 4.69) is 0 Å². The summed E-state index contributed by atoms with van der Waals surface area (Å²) in [6.07, 6.45) is 0. The predicted molar refractivity (Wildman–Crippen MR) is 74.7 cm³/mol. The van der Waals surface area contributed by atoms with Crippen LogP contribution < -0.4 is 10.6 Å². The summed E-state index contributed by atoms with van der Waals surface area (Å²) in [4.78, 5) is 13.4. The number of anilines is 2. The summed E-state index contributed by atoms with van der Waals surface area (Å²) in [5, 5.41) is 9.02. The van der Waals surface area contributed by atoms with E-state index in [-0.39, 0.29) is 16.8 Å². The van der Waals surface area contributed by atoms with Gasteiger partial charge in [0.15, 0.2) is 0 Å². The zero-order chi connectivity index (χ0) is 15.6. The third kappa shape index (κ3) is 2.82. The van der Waals surface area contributed by atoms with Gasteiger partial charge in [-0.25, -0.2) is 8.78 Å². The molecule has 0 unspecified atom stereocenters. The molecule has 0 bridgehead atoms. The number of amides is 1. The van der Waals surface area contributed by atoms with Gasteiger partial charge in [0, 0.05) is 18.8 Å². The largest absolute Gasteiger partial charge is 0.399 e. The Balaban J connectivity index is 2.45. The Morgan fingerprint density at radius 2 is 1.95 bits per heavy atom. The van der Waals surface area contributed by atoms with Crippen LogP contribution in [0.25, 0.3) is 0 Å². The predicted octanol–water partition coefficient (Wildman–Crippen LogP) is 2.70. The molecule has 21 heavy (non-hydrogen) atoms. The molecule has 0 spiro atoms. The summed E-state index contributed by atoms with van der Waals surface area (Å²) in [5.41, 5.74) is 6.01. The van der Waals surface area contributed by atoms with Gasteiger partial charge in [-0.05, 0) is 30.3 Å². The standard InChI is InChI=1S/C15H11F2N3O/c1-20(14-5-3-10(16)6-13(14)17)15(21)12-7-11(19)4-2-9(12)8-18/h2-7H,19H2,1H3. The van der Waals surface area contributed by atoms with Crippen LogP contribution in [0.15, 0.2) is 36.4 Å². The molecule has 0 aliphatic heterocycles. The first kappa shape index (κ1) is 14.5. The molecule has 2 aromatic rings. The molecule has 0 heterocycles. The van der Waals surface area contributed by atoms with Crippen molar-refractivity contribution in [3.63, 3.8) is 0 Å². The second-order valence-corrected chi connectivity index (χ2v) is 4.38. The van der Waals surface area contributed by atoms with Crippen molar-refractivity contribution in [2.75, 3.05) is 17.7 Å². The SMILES string of the molecule is CN(C(=O)c1cc(N)ccc1C#N)c1ccc(F)cc1F. The maximum Gasteiger partial charge on any atom is 0.259 e. The Labute approximate surface area is 120 Å². The van der Waals surface area contributed by atoms with E-state index in [0.29, 0.717) is 11.8 Å². The molecular formula is C15H11F2N3O. The lowest BCUT2D eigenvalue weighted by Gasteiger charge is -2.19. The Bertz CT molecular complexity index is 753. The van der Waals surface area contributed by atoms with E-state index in [0.717, 1.165) is 17.0 Å². The van der Waals surface area contributed by atoms with Crippen LogP contribution in [0, 0.1) is 23.0 Å². The average Bonchev–Trinajstić information content (AvgIpc) is 2.45. The van der Waals surface area contributed by atoms with E-state index in [1.807, 2.05) is 6.07 Å². The van der Waals surface area contributed by atoms with Crippen molar-refractivity contribution in [1.82, 2.24) is 0 Å². The van der Waals surface area contributed by atoms with Crippen LogP contribution in [0.2, 0.25) is 0 Å². The molecule has 0 aliphatic carbocycles. The molecule has 0 saturated carbocycles. The topological polar surface area (TPSA) is 70.1 Å². The first-order valence-electron chi connectivity index (χ1n) is 5.96. The summed E-state index contributed by atoms with van der Waals surface area (Å²) >= 11 is 0. The molecule has 2 rings (SSSR count). The van der Waals surface area contributed by atoms with Crippen molar-refractivity contribution < 1.29 is 13.6 Å². The van der Waals surface area contributed by atoms with Crippen LogP contribution in [0.5, 0.6) is 0 Å². The molecule has 0 fully saturated rings. The highest BCUT2D eigenvalue weighted by atomic mass is 19.1. The van der Waals surface area contributed by atoms with Gasteiger partial charge in [-0.3, -0.25) is 4.79 Å². The number of hydrogen-bond acceptors (Lipinski definition) is 3. The quantitative estimate of drug-likeness (QED) is 0.863. The van der Waals surface area contributed by atoms with E-state index in [1.54, 1.807) is 0 Å². The van der Waals surface area contributed by atoms with E-state index in [9.17, 15) is 13.6 Å². The summed E-state index contributed by atoms with van der Waals surface area (Å²) in [6, 6.07) is 9.02. The number of carbonyl (C=O) groups excluding carboxylic acids is 1. The Morgan fingerprint density at radius 3 is 2.57 bits per heavy atom. The van der Waals surface area contributed by atoms with Gasteiger partial charge >= 0.3 is 0 Å². The van der Waals surface area contributed by atoms with Crippen molar-refractivity contribution in [2.24, 2.45) is 0 Å². The number of benzene rings is 2. The van der Waals surface area contributed by atoms with Crippen LogP contribution in [0.3, 0.4) is 0 Å². The molecule has 106 valence electrons. The molecule has 0 aliphatic rings. The number of nitrogen functional groups attached to an aromatic ring is 1. The summed E-state index contributed by atoms with van der Waals surface area (Å²) < 4.78 is 26.6. The molecule has 1 amide bonds. The lowest BCUT2D eigenvalue weighted by atomic mass is 10.1. The highest BCUT2D eigenvalue weighted by molar-refractivity contribution is 6.07. The highest BCUT2D eigenvalue weighted by Crippen LogP contribution is 2.22. The molecular weight excluding hydrogens is 276 g/mol. The molecule has 0 saturated heterocycles. The molecule has 0 radical (unpaired) electrons. The normalized spacial score (nSPS) is 10.0. The van der Waals surface area contributed by atoms with Gasteiger partial charge in [0.05, 0.1) is 22.9 Å².